The summed E-state index contributed by atoms with van der Waals surface area (Å²) in [6.07, 6.45) is 4.16. The van der Waals surface area contributed by atoms with Crippen LogP contribution in [-0.4, -0.2) is 6.16 Å². The lowest BCUT2D eigenvalue weighted by atomic mass is 10.2. The summed E-state index contributed by atoms with van der Waals surface area (Å²) in [5.41, 5.74) is 1.37. The van der Waals surface area contributed by atoms with E-state index in [1.165, 1.54) is 29.9 Å². The molecule has 0 radical (unpaired) electrons. The van der Waals surface area contributed by atoms with Crippen molar-refractivity contribution in [2.75, 3.05) is 6.16 Å². The molecule has 0 amide bonds. The minimum Gasteiger partial charge on any atom is -0.0946 e. The van der Waals surface area contributed by atoms with Crippen LogP contribution in [0.15, 0.2) is 24.3 Å². The molecule has 2 atom stereocenters. The van der Waals surface area contributed by atoms with E-state index in [1.54, 1.807) is 0 Å². The molecule has 1 aromatic rings. The number of aryl methyl sites for hydroxylation is 1. The summed E-state index contributed by atoms with van der Waals surface area (Å²) >= 11 is 0. The maximum Gasteiger partial charge on any atom is -0.0230 e. The molecular weight excluding hydrogens is 194 g/mol. The van der Waals surface area contributed by atoms with Crippen molar-refractivity contribution in [1.29, 1.82) is 0 Å². The van der Waals surface area contributed by atoms with Crippen molar-refractivity contribution < 1.29 is 0 Å². The molecule has 0 fully saturated rings. The van der Waals surface area contributed by atoms with Gasteiger partial charge in [0.25, 0.3) is 0 Å². The average Bonchev–Trinajstić information content (AvgIpc) is 2.15. The highest BCUT2D eigenvalue weighted by molar-refractivity contribution is 8.15. The molecule has 0 saturated carbocycles. The van der Waals surface area contributed by atoms with Gasteiger partial charge in [0.2, 0.25) is 0 Å². The number of hydrogen-bond donors (Lipinski definition) is 0. The predicted octanol–water partition coefficient (Wildman–Crippen LogP) is 3.69. The van der Waals surface area contributed by atoms with Gasteiger partial charge in [0.1, 0.15) is 0 Å². The highest BCUT2D eigenvalue weighted by Gasteiger charge is 1.91. The van der Waals surface area contributed by atoms with E-state index in [0.29, 0.717) is 0 Å². The van der Waals surface area contributed by atoms with E-state index in [9.17, 15) is 0 Å². The highest BCUT2D eigenvalue weighted by atomic mass is 32.0. The van der Waals surface area contributed by atoms with Crippen LogP contribution < -0.4 is 5.30 Å². The third-order valence-corrected chi connectivity index (χ3v) is 5.49. The lowest BCUT2D eigenvalue weighted by Crippen LogP contribution is -1.90. The Kier molecular flexibility index (Phi) is 5.60. The molecule has 0 bridgehead atoms. The summed E-state index contributed by atoms with van der Waals surface area (Å²) < 4.78 is 0. The summed E-state index contributed by atoms with van der Waals surface area (Å²) in [5.74, 6) is 0. The van der Waals surface area contributed by atoms with Crippen LogP contribution in [0.1, 0.15) is 25.3 Å². The van der Waals surface area contributed by atoms with Gasteiger partial charge >= 0.3 is 0 Å². The fraction of sp³-hybridized carbons (Fsp3) is 0.455. The van der Waals surface area contributed by atoms with Crippen LogP contribution in [0.25, 0.3) is 0 Å². The SMILES string of the molecule is CCCCPPc1ccc(C)cc1. The Morgan fingerprint density at radius 2 is 1.85 bits per heavy atom. The second-order valence-electron chi connectivity index (χ2n) is 3.27. The Labute approximate surface area is 85.0 Å². The van der Waals surface area contributed by atoms with Gasteiger partial charge < -0.3 is 0 Å². The Morgan fingerprint density at radius 1 is 1.15 bits per heavy atom. The van der Waals surface area contributed by atoms with Crippen LogP contribution in [0.5, 0.6) is 0 Å². The maximum atomic E-state index is 2.27. The third-order valence-electron chi connectivity index (χ3n) is 1.94. The first-order valence-electron chi connectivity index (χ1n) is 4.88. The molecule has 2 heteroatoms. The number of unbranched alkanes of at least 4 members (excludes halogenated alkanes) is 1. The Bertz CT molecular complexity index is 228. The van der Waals surface area contributed by atoms with Gasteiger partial charge in [-0.15, -0.1) is 0 Å². The zero-order chi connectivity index (χ0) is 9.52. The van der Waals surface area contributed by atoms with E-state index in [1.807, 2.05) is 0 Å². The zero-order valence-corrected chi connectivity index (χ0v) is 10.4. The average molecular weight is 212 g/mol. The molecule has 0 N–H and O–H groups in total. The van der Waals surface area contributed by atoms with E-state index < -0.39 is 0 Å². The fourth-order valence-electron chi connectivity index (χ4n) is 1.07. The van der Waals surface area contributed by atoms with Gasteiger partial charge in [0.05, 0.1) is 0 Å². The van der Waals surface area contributed by atoms with Crippen LogP contribution in [0, 0.1) is 6.92 Å². The van der Waals surface area contributed by atoms with Gasteiger partial charge in [-0.3, -0.25) is 0 Å². The van der Waals surface area contributed by atoms with Crippen LogP contribution >= 0.6 is 16.5 Å². The lowest BCUT2D eigenvalue weighted by molar-refractivity contribution is 0.896. The van der Waals surface area contributed by atoms with Crippen molar-refractivity contribution in [2.45, 2.75) is 26.7 Å². The minimum absolute atomic E-state index is 1.04. The van der Waals surface area contributed by atoms with Crippen molar-refractivity contribution in [1.82, 2.24) is 0 Å². The van der Waals surface area contributed by atoms with E-state index in [-0.39, 0.29) is 0 Å². The molecule has 0 nitrogen and oxygen atoms in total. The second-order valence-corrected chi connectivity index (χ2v) is 6.76. The highest BCUT2D eigenvalue weighted by Crippen LogP contribution is 2.36. The molecule has 1 rings (SSSR count). The molecule has 0 heterocycles. The van der Waals surface area contributed by atoms with E-state index in [0.717, 1.165) is 16.5 Å². The predicted molar refractivity (Wildman–Crippen MR) is 67.2 cm³/mol. The van der Waals surface area contributed by atoms with Crippen molar-refractivity contribution in [3.05, 3.63) is 29.8 Å². The zero-order valence-electron chi connectivity index (χ0n) is 8.43. The second kappa shape index (κ2) is 6.52. The minimum atomic E-state index is 1.04. The molecule has 72 valence electrons. The van der Waals surface area contributed by atoms with Crippen LogP contribution in [0.2, 0.25) is 0 Å². The van der Waals surface area contributed by atoms with Crippen LogP contribution in [0.3, 0.4) is 0 Å². The van der Waals surface area contributed by atoms with Crippen LogP contribution in [-0.2, 0) is 0 Å². The third kappa shape index (κ3) is 4.75. The Balaban J connectivity index is 2.25. The monoisotopic (exact) mass is 212 g/mol. The molecular formula is C11H18P2. The van der Waals surface area contributed by atoms with E-state index in [2.05, 4.69) is 38.1 Å². The largest absolute Gasteiger partial charge is 0.0946 e. The number of benzene rings is 1. The summed E-state index contributed by atoms with van der Waals surface area (Å²) in [7, 11) is 2.18. The molecule has 0 aliphatic carbocycles. The quantitative estimate of drug-likeness (QED) is 0.515. The summed E-state index contributed by atoms with van der Waals surface area (Å²) in [6.45, 7) is 4.41. The number of rotatable bonds is 5. The molecule has 13 heavy (non-hydrogen) atoms. The van der Waals surface area contributed by atoms with Gasteiger partial charge in [-0.05, 0) is 24.8 Å². The molecule has 0 aromatic heterocycles. The first-order valence-corrected chi connectivity index (χ1v) is 8.09. The first kappa shape index (κ1) is 11.2. The van der Waals surface area contributed by atoms with Crippen molar-refractivity contribution in [3.8, 4) is 0 Å². The van der Waals surface area contributed by atoms with Gasteiger partial charge in [-0.25, -0.2) is 0 Å². The van der Waals surface area contributed by atoms with Crippen LogP contribution in [0.4, 0.5) is 0 Å². The molecule has 0 aliphatic heterocycles. The summed E-state index contributed by atoms with van der Waals surface area (Å²) in [5, 5.41) is 1.53. The van der Waals surface area contributed by atoms with Crippen molar-refractivity contribution in [2.24, 2.45) is 0 Å². The maximum absolute atomic E-state index is 2.27. The Hall–Kier alpha value is 0.0800. The van der Waals surface area contributed by atoms with Gasteiger partial charge in [-0.1, -0.05) is 59.7 Å². The number of hydrogen-bond acceptors (Lipinski definition) is 0. The molecule has 0 spiro atoms. The smallest absolute Gasteiger partial charge is 0.0230 e. The normalized spacial score (nSPS) is 12.2. The lowest BCUT2D eigenvalue weighted by Gasteiger charge is -2.01. The fourth-order valence-corrected chi connectivity index (χ4v) is 4.28. The first-order chi connectivity index (χ1) is 6.33. The van der Waals surface area contributed by atoms with E-state index >= 15 is 0 Å². The van der Waals surface area contributed by atoms with E-state index in [4.69, 9.17) is 0 Å². The van der Waals surface area contributed by atoms with Gasteiger partial charge in [0.15, 0.2) is 0 Å². The summed E-state index contributed by atoms with van der Waals surface area (Å²) in [4.78, 5) is 0. The van der Waals surface area contributed by atoms with Gasteiger partial charge in [-0.2, -0.15) is 0 Å². The molecule has 0 saturated heterocycles. The molecule has 1 aromatic carbocycles. The standard InChI is InChI=1S/C11H18P2/c1-3-4-9-12-13-11-7-5-10(2)6-8-11/h5-8,12-13H,3-4,9H2,1-2H3. The van der Waals surface area contributed by atoms with Crippen molar-refractivity contribution >= 4 is 21.8 Å². The Morgan fingerprint density at radius 3 is 2.46 bits per heavy atom. The molecule has 2 unspecified atom stereocenters. The topological polar surface area (TPSA) is 0 Å². The van der Waals surface area contributed by atoms with Gasteiger partial charge in [0, 0.05) is 0 Å². The molecule has 0 aliphatic rings. The summed E-state index contributed by atoms with van der Waals surface area (Å²) in [6, 6.07) is 8.97. The van der Waals surface area contributed by atoms with Crippen molar-refractivity contribution in [3.63, 3.8) is 0 Å².